The summed E-state index contributed by atoms with van der Waals surface area (Å²) in [5, 5.41) is 0. The van der Waals surface area contributed by atoms with Gasteiger partial charge in [-0.05, 0) is 87.8 Å². The van der Waals surface area contributed by atoms with Crippen LogP contribution in [0.3, 0.4) is 0 Å². The van der Waals surface area contributed by atoms with E-state index in [4.69, 9.17) is 18.9 Å². The fourth-order valence-electron chi connectivity index (χ4n) is 4.95. The molecule has 0 N–H and O–H groups in total. The van der Waals surface area contributed by atoms with E-state index in [9.17, 15) is 0 Å². The minimum atomic E-state index is -0.113. The summed E-state index contributed by atoms with van der Waals surface area (Å²) in [6.45, 7) is 11.4. The second-order valence-electron chi connectivity index (χ2n) is 10.2. The van der Waals surface area contributed by atoms with E-state index >= 15 is 0 Å². The molecule has 4 nitrogen and oxygen atoms in total. The van der Waals surface area contributed by atoms with Crippen LogP contribution in [-0.2, 0) is 14.9 Å². The lowest BCUT2D eigenvalue weighted by Gasteiger charge is -2.41. The smallest absolute Gasteiger partial charge is 0.119 e. The molecule has 0 radical (unpaired) electrons. The van der Waals surface area contributed by atoms with Gasteiger partial charge in [0.2, 0.25) is 0 Å². The molecule has 0 spiro atoms. The Morgan fingerprint density at radius 1 is 0.636 bits per heavy atom. The van der Waals surface area contributed by atoms with Gasteiger partial charge < -0.3 is 18.9 Å². The molecule has 0 heterocycles. The molecule has 4 heteroatoms. The number of benzene rings is 2. The Labute approximate surface area is 199 Å². The first-order valence-corrected chi connectivity index (χ1v) is 12.6. The van der Waals surface area contributed by atoms with E-state index in [0.29, 0.717) is 13.2 Å². The van der Waals surface area contributed by atoms with Gasteiger partial charge in [0.25, 0.3) is 0 Å². The van der Waals surface area contributed by atoms with Crippen LogP contribution in [0.2, 0.25) is 0 Å². The van der Waals surface area contributed by atoms with Crippen LogP contribution in [0.4, 0.5) is 0 Å². The van der Waals surface area contributed by atoms with Gasteiger partial charge in [-0.3, -0.25) is 0 Å². The standard InChI is InChI=1S/C29H40O4/c1-5-32-28(17-7-18-28)21-30-25-13-9-23(10-14-25)27(3,4)24-11-15-26(16-12-24)31-22-29(33-6-2)19-8-20-29/h9-16H,5-8,17-22H2,1-4H3. The topological polar surface area (TPSA) is 36.9 Å². The highest BCUT2D eigenvalue weighted by atomic mass is 16.5. The summed E-state index contributed by atoms with van der Waals surface area (Å²) in [4.78, 5) is 0. The average Bonchev–Trinajstić information content (AvgIpc) is 2.78. The molecular weight excluding hydrogens is 412 g/mol. The largest absolute Gasteiger partial charge is 0.491 e. The Kier molecular flexibility index (Phi) is 7.35. The molecule has 4 rings (SSSR count). The van der Waals surface area contributed by atoms with Crippen LogP contribution in [0.5, 0.6) is 11.5 Å². The van der Waals surface area contributed by atoms with E-state index in [2.05, 4.69) is 76.2 Å². The molecule has 0 amide bonds. The lowest BCUT2D eigenvalue weighted by atomic mass is 9.78. The molecule has 33 heavy (non-hydrogen) atoms. The van der Waals surface area contributed by atoms with E-state index in [1.54, 1.807) is 0 Å². The maximum Gasteiger partial charge on any atom is 0.119 e. The molecule has 2 aromatic carbocycles. The van der Waals surface area contributed by atoms with E-state index in [1.807, 2.05) is 0 Å². The predicted molar refractivity (Wildman–Crippen MR) is 132 cm³/mol. The van der Waals surface area contributed by atoms with Gasteiger partial charge in [0.15, 0.2) is 0 Å². The predicted octanol–water partition coefficient (Wildman–Crippen LogP) is 6.69. The van der Waals surface area contributed by atoms with Crippen LogP contribution in [0.1, 0.15) is 77.3 Å². The molecule has 2 fully saturated rings. The first kappa shape index (κ1) is 24.1. The maximum atomic E-state index is 6.09. The molecule has 0 unspecified atom stereocenters. The Bertz CT molecular complexity index is 803. The Balaban J connectivity index is 1.35. The summed E-state index contributed by atoms with van der Waals surface area (Å²) in [7, 11) is 0. The van der Waals surface area contributed by atoms with Gasteiger partial charge in [0.1, 0.15) is 35.9 Å². The van der Waals surface area contributed by atoms with Crippen LogP contribution >= 0.6 is 0 Å². The van der Waals surface area contributed by atoms with Gasteiger partial charge in [-0.2, -0.15) is 0 Å². The van der Waals surface area contributed by atoms with Gasteiger partial charge in [0.05, 0.1) is 0 Å². The van der Waals surface area contributed by atoms with Crippen molar-refractivity contribution >= 4 is 0 Å². The molecule has 0 aromatic heterocycles. The van der Waals surface area contributed by atoms with Crippen molar-refractivity contribution < 1.29 is 18.9 Å². The first-order chi connectivity index (χ1) is 15.9. The van der Waals surface area contributed by atoms with Crippen molar-refractivity contribution in [3.63, 3.8) is 0 Å². The van der Waals surface area contributed by atoms with Crippen molar-refractivity contribution in [1.82, 2.24) is 0 Å². The normalized spacial score (nSPS) is 18.8. The lowest BCUT2D eigenvalue weighted by Crippen LogP contribution is -2.45. The number of rotatable bonds is 12. The lowest BCUT2D eigenvalue weighted by molar-refractivity contribution is -0.118. The molecule has 0 aliphatic heterocycles. The second kappa shape index (κ2) is 10.1. The first-order valence-electron chi connectivity index (χ1n) is 12.6. The van der Waals surface area contributed by atoms with Crippen LogP contribution in [-0.4, -0.2) is 37.6 Å². The fourth-order valence-corrected chi connectivity index (χ4v) is 4.95. The van der Waals surface area contributed by atoms with E-state index < -0.39 is 0 Å². The van der Waals surface area contributed by atoms with Crippen molar-refractivity contribution in [2.24, 2.45) is 0 Å². The minimum absolute atomic E-state index is 0.0720. The van der Waals surface area contributed by atoms with Crippen LogP contribution in [0, 0.1) is 0 Å². The summed E-state index contributed by atoms with van der Waals surface area (Å²) < 4.78 is 24.1. The molecule has 2 aliphatic carbocycles. The third kappa shape index (κ3) is 5.38. The van der Waals surface area contributed by atoms with Crippen molar-refractivity contribution in [3.8, 4) is 11.5 Å². The zero-order valence-electron chi connectivity index (χ0n) is 20.8. The van der Waals surface area contributed by atoms with E-state index in [-0.39, 0.29) is 16.6 Å². The van der Waals surface area contributed by atoms with Gasteiger partial charge >= 0.3 is 0 Å². The van der Waals surface area contributed by atoms with Gasteiger partial charge in [-0.25, -0.2) is 0 Å². The molecule has 0 saturated heterocycles. The molecule has 2 aliphatic rings. The molecule has 180 valence electrons. The minimum Gasteiger partial charge on any atom is -0.491 e. The fraction of sp³-hybridized carbons (Fsp3) is 0.586. The zero-order chi connectivity index (χ0) is 23.4. The van der Waals surface area contributed by atoms with Gasteiger partial charge in [-0.15, -0.1) is 0 Å². The van der Waals surface area contributed by atoms with Crippen LogP contribution in [0.15, 0.2) is 48.5 Å². The Hall–Kier alpha value is -2.04. The average molecular weight is 453 g/mol. The third-order valence-electron chi connectivity index (χ3n) is 7.59. The maximum absolute atomic E-state index is 6.09. The van der Waals surface area contributed by atoms with Crippen molar-refractivity contribution in [2.75, 3.05) is 26.4 Å². The highest BCUT2D eigenvalue weighted by Crippen LogP contribution is 2.38. The van der Waals surface area contributed by atoms with E-state index in [1.165, 1.54) is 24.0 Å². The molecule has 0 bridgehead atoms. The van der Waals surface area contributed by atoms with Crippen molar-refractivity contribution in [3.05, 3.63) is 59.7 Å². The highest BCUT2D eigenvalue weighted by Gasteiger charge is 2.39. The molecule has 0 atom stereocenters. The number of hydrogen-bond acceptors (Lipinski definition) is 4. The number of ether oxygens (including phenoxy) is 4. The van der Waals surface area contributed by atoms with Gasteiger partial charge in [-0.1, -0.05) is 38.1 Å². The highest BCUT2D eigenvalue weighted by molar-refractivity contribution is 5.41. The summed E-state index contributed by atoms with van der Waals surface area (Å²) in [5.74, 6) is 1.81. The van der Waals surface area contributed by atoms with Gasteiger partial charge in [0, 0.05) is 18.6 Å². The van der Waals surface area contributed by atoms with Crippen molar-refractivity contribution in [1.29, 1.82) is 0 Å². The molecule has 2 aromatic rings. The second-order valence-corrected chi connectivity index (χ2v) is 10.2. The SMILES string of the molecule is CCOC1(COc2ccc(C(C)(C)c3ccc(OCC4(OCC)CCC4)cc3)cc2)CCC1. The van der Waals surface area contributed by atoms with Crippen LogP contribution < -0.4 is 9.47 Å². The van der Waals surface area contributed by atoms with Crippen LogP contribution in [0.25, 0.3) is 0 Å². The summed E-state index contributed by atoms with van der Waals surface area (Å²) in [6.07, 6.45) is 6.84. The third-order valence-corrected chi connectivity index (χ3v) is 7.59. The quantitative estimate of drug-likeness (QED) is 0.360. The monoisotopic (exact) mass is 452 g/mol. The Morgan fingerprint density at radius 3 is 1.27 bits per heavy atom. The summed E-state index contributed by atoms with van der Waals surface area (Å²) in [5.41, 5.74) is 2.26. The molecule has 2 saturated carbocycles. The molecular formula is C29H40O4. The van der Waals surface area contributed by atoms with E-state index in [0.717, 1.165) is 50.4 Å². The van der Waals surface area contributed by atoms with Crippen molar-refractivity contribution in [2.45, 2.75) is 82.8 Å². The summed E-state index contributed by atoms with van der Waals surface area (Å²) in [6, 6.07) is 17.0. The Morgan fingerprint density at radius 2 is 1.00 bits per heavy atom. The number of hydrogen-bond donors (Lipinski definition) is 0. The summed E-state index contributed by atoms with van der Waals surface area (Å²) >= 11 is 0. The zero-order valence-corrected chi connectivity index (χ0v) is 20.8.